The lowest BCUT2D eigenvalue weighted by molar-refractivity contribution is 0.218. The zero-order valence-electron chi connectivity index (χ0n) is 12.9. The van der Waals surface area contributed by atoms with Gasteiger partial charge in [0.15, 0.2) is 0 Å². The van der Waals surface area contributed by atoms with Crippen molar-refractivity contribution in [2.45, 2.75) is 26.7 Å². The molecule has 21 heavy (non-hydrogen) atoms. The summed E-state index contributed by atoms with van der Waals surface area (Å²) in [5.41, 5.74) is 9.08. The van der Waals surface area contributed by atoms with Crippen LogP contribution in [0.1, 0.15) is 30.9 Å². The Morgan fingerprint density at radius 3 is 2.38 bits per heavy atom. The van der Waals surface area contributed by atoms with Crippen molar-refractivity contribution >= 4 is 5.69 Å². The van der Waals surface area contributed by atoms with E-state index in [9.17, 15) is 0 Å². The number of rotatable bonds is 6. The molecule has 0 spiro atoms. The van der Waals surface area contributed by atoms with Crippen LogP contribution in [0.4, 0.5) is 5.69 Å². The standard InChI is InChI=1S/C18H23NO2/c1-13(2)16-9-8-15(12-14(16)3)20-10-11-21-18-7-5-4-6-17(18)19/h4-9,12-13H,10-11,19H2,1-3H3. The van der Waals surface area contributed by atoms with Crippen molar-refractivity contribution < 1.29 is 9.47 Å². The van der Waals surface area contributed by atoms with Gasteiger partial charge in [0.25, 0.3) is 0 Å². The largest absolute Gasteiger partial charge is 0.490 e. The van der Waals surface area contributed by atoms with E-state index in [0.717, 1.165) is 5.75 Å². The molecule has 2 aromatic carbocycles. The van der Waals surface area contributed by atoms with Crippen LogP contribution in [0.5, 0.6) is 11.5 Å². The third kappa shape index (κ3) is 4.15. The molecule has 3 heteroatoms. The van der Waals surface area contributed by atoms with Gasteiger partial charge in [-0.1, -0.05) is 32.0 Å². The predicted molar refractivity (Wildman–Crippen MR) is 87.1 cm³/mol. The molecule has 112 valence electrons. The molecule has 0 saturated heterocycles. The van der Waals surface area contributed by atoms with Gasteiger partial charge in [0, 0.05) is 0 Å². The third-order valence-corrected chi connectivity index (χ3v) is 3.39. The van der Waals surface area contributed by atoms with Crippen molar-refractivity contribution in [1.29, 1.82) is 0 Å². The minimum atomic E-state index is 0.471. The first-order chi connectivity index (χ1) is 10.1. The van der Waals surface area contributed by atoms with Crippen LogP contribution >= 0.6 is 0 Å². The first-order valence-electron chi connectivity index (χ1n) is 7.28. The van der Waals surface area contributed by atoms with Gasteiger partial charge in [0.2, 0.25) is 0 Å². The highest BCUT2D eigenvalue weighted by molar-refractivity contribution is 5.51. The molecule has 0 aliphatic rings. The average Bonchev–Trinajstić information content (AvgIpc) is 2.45. The Hall–Kier alpha value is -2.16. The van der Waals surface area contributed by atoms with Crippen LogP contribution in [0.25, 0.3) is 0 Å². The minimum absolute atomic E-state index is 0.471. The number of hydrogen-bond donors (Lipinski definition) is 1. The number of aryl methyl sites for hydroxylation is 1. The fourth-order valence-electron chi connectivity index (χ4n) is 2.31. The van der Waals surface area contributed by atoms with Crippen molar-refractivity contribution in [1.82, 2.24) is 0 Å². The molecular weight excluding hydrogens is 262 g/mol. The van der Waals surface area contributed by atoms with E-state index in [4.69, 9.17) is 15.2 Å². The average molecular weight is 285 g/mol. The molecular formula is C18H23NO2. The van der Waals surface area contributed by atoms with Crippen LogP contribution in [0.15, 0.2) is 42.5 Å². The molecule has 0 fully saturated rings. The molecule has 0 radical (unpaired) electrons. The first-order valence-corrected chi connectivity index (χ1v) is 7.28. The molecule has 0 heterocycles. The SMILES string of the molecule is Cc1cc(OCCOc2ccccc2N)ccc1C(C)C. The lowest BCUT2D eigenvalue weighted by Crippen LogP contribution is -2.10. The van der Waals surface area contributed by atoms with Crippen molar-refractivity contribution in [2.75, 3.05) is 18.9 Å². The molecule has 0 unspecified atom stereocenters. The molecule has 0 aliphatic carbocycles. The second kappa shape index (κ2) is 7.02. The molecule has 0 amide bonds. The Balaban J connectivity index is 1.84. The molecule has 0 aromatic heterocycles. The van der Waals surface area contributed by atoms with E-state index in [0.29, 0.717) is 30.6 Å². The predicted octanol–water partition coefficient (Wildman–Crippen LogP) is 4.16. The van der Waals surface area contributed by atoms with Crippen LogP contribution in [-0.4, -0.2) is 13.2 Å². The number of ether oxygens (including phenoxy) is 2. The summed E-state index contributed by atoms with van der Waals surface area (Å²) in [7, 11) is 0. The lowest BCUT2D eigenvalue weighted by Gasteiger charge is -2.13. The van der Waals surface area contributed by atoms with E-state index in [1.165, 1.54) is 11.1 Å². The zero-order chi connectivity index (χ0) is 15.2. The van der Waals surface area contributed by atoms with Crippen LogP contribution in [-0.2, 0) is 0 Å². The fourth-order valence-corrected chi connectivity index (χ4v) is 2.31. The van der Waals surface area contributed by atoms with Crippen LogP contribution in [0, 0.1) is 6.92 Å². The Morgan fingerprint density at radius 1 is 1.00 bits per heavy atom. The van der Waals surface area contributed by atoms with E-state index in [1.54, 1.807) is 0 Å². The maximum Gasteiger partial charge on any atom is 0.142 e. The summed E-state index contributed by atoms with van der Waals surface area (Å²) in [4.78, 5) is 0. The van der Waals surface area contributed by atoms with Gasteiger partial charge >= 0.3 is 0 Å². The number of benzene rings is 2. The lowest BCUT2D eigenvalue weighted by atomic mass is 9.98. The summed E-state index contributed by atoms with van der Waals surface area (Å²) in [6.07, 6.45) is 0. The Morgan fingerprint density at radius 2 is 1.71 bits per heavy atom. The van der Waals surface area contributed by atoms with Gasteiger partial charge in [-0.25, -0.2) is 0 Å². The summed E-state index contributed by atoms with van der Waals surface area (Å²) in [6.45, 7) is 7.47. The maximum atomic E-state index is 5.81. The van der Waals surface area contributed by atoms with Crippen molar-refractivity contribution in [2.24, 2.45) is 0 Å². The second-order valence-corrected chi connectivity index (χ2v) is 5.41. The Kier molecular flexibility index (Phi) is 5.09. The smallest absolute Gasteiger partial charge is 0.142 e. The topological polar surface area (TPSA) is 44.5 Å². The van der Waals surface area contributed by atoms with Crippen molar-refractivity contribution in [3.05, 3.63) is 53.6 Å². The van der Waals surface area contributed by atoms with Gasteiger partial charge in [0.1, 0.15) is 24.7 Å². The highest BCUT2D eigenvalue weighted by Crippen LogP contribution is 2.23. The third-order valence-electron chi connectivity index (χ3n) is 3.39. The summed E-state index contributed by atoms with van der Waals surface area (Å²) >= 11 is 0. The fraction of sp³-hybridized carbons (Fsp3) is 0.333. The van der Waals surface area contributed by atoms with Crippen LogP contribution < -0.4 is 15.2 Å². The maximum absolute atomic E-state index is 5.81. The molecule has 0 saturated carbocycles. The number of anilines is 1. The summed E-state index contributed by atoms with van der Waals surface area (Å²) in [5, 5.41) is 0. The van der Waals surface area contributed by atoms with Gasteiger partial charge in [0.05, 0.1) is 5.69 Å². The second-order valence-electron chi connectivity index (χ2n) is 5.41. The molecule has 0 atom stereocenters. The summed E-state index contributed by atoms with van der Waals surface area (Å²) < 4.78 is 11.3. The molecule has 2 aromatic rings. The van der Waals surface area contributed by atoms with E-state index in [2.05, 4.69) is 32.9 Å². The van der Waals surface area contributed by atoms with Gasteiger partial charge in [-0.2, -0.15) is 0 Å². The summed E-state index contributed by atoms with van der Waals surface area (Å²) in [5.74, 6) is 2.11. The minimum Gasteiger partial charge on any atom is -0.490 e. The number of nitrogen functional groups attached to an aromatic ring is 1. The quantitative estimate of drug-likeness (QED) is 0.640. The summed E-state index contributed by atoms with van der Waals surface area (Å²) in [6, 6.07) is 13.7. The zero-order valence-corrected chi connectivity index (χ0v) is 12.9. The monoisotopic (exact) mass is 285 g/mol. The van der Waals surface area contributed by atoms with Crippen molar-refractivity contribution in [3.63, 3.8) is 0 Å². The highest BCUT2D eigenvalue weighted by Gasteiger charge is 2.05. The molecule has 0 aliphatic heterocycles. The molecule has 2 N–H and O–H groups in total. The van der Waals surface area contributed by atoms with Crippen LogP contribution in [0.2, 0.25) is 0 Å². The number of hydrogen-bond acceptors (Lipinski definition) is 3. The van der Waals surface area contributed by atoms with E-state index < -0.39 is 0 Å². The first kappa shape index (κ1) is 15.2. The van der Waals surface area contributed by atoms with Crippen molar-refractivity contribution in [3.8, 4) is 11.5 Å². The van der Waals surface area contributed by atoms with Gasteiger partial charge in [-0.05, 0) is 48.2 Å². The highest BCUT2D eigenvalue weighted by atomic mass is 16.5. The van der Waals surface area contributed by atoms with Crippen LogP contribution in [0.3, 0.4) is 0 Å². The van der Waals surface area contributed by atoms with Gasteiger partial charge < -0.3 is 15.2 Å². The van der Waals surface area contributed by atoms with Gasteiger partial charge in [-0.15, -0.1) is 0 Å². The van der Waals surface area contributed by atoms with E-state index in [1.807, 2.05) is 30.3 Å². The molecule has 3 nitrogen and oxygen atoms in total. The Labute approximate surface area is 126 Å². The normalized spacial score (nSPS) is 10.7. The molecule has 0 bridgehead atoms. The molecule has 2 rings (SSSR count). The number of nitrogens with two attached hydrogens (primary N) is 1. The van der Waals surface area contributed by atoms with E-state index >= 15 is 0 Å². The van der Waals surface area contributed by atoms with Gasteiger partial charge in [-0.3, -0.25) is 0 Å². The number of para-hydroxylation sites is 2. The van der Waals surface area contributed by atoms with E-state index in [-0.39, 0.29) is 0 Å². The Bertz CT molecular complexity index is 594.